The Labute approximate surface area is 304 Å². The Kier molecular flexibility index (Phi) is 9.05. The number of benzene rings is 7. The summed E-state index contributed by atoms with van der Waals surface area (Å²) in [5, 5.41) is 2.73. The third-order valence-electron chi connectivity index (χ3n) is 10.9. The molecule has 0 amide bonds. The molecular formula is C50H47N. The van der Waals surface area contributed by atoms with Gasteiger partial charge in [0.15, 0.2) is 0 Å². The fourth-order valence-corrected chi connectivity index (χ4v) is 8.15. The van der Waals surface area contributed by atoms with Gasteiger partial charge in [-0.15, -0.1) is 0 Å². The molecule has 1 nitrogen and oxygen atoms in total. The van der Waals surface area contributed by atoms with Gasteiger partial charge in [-0.05, 0) is 92.6 Å². The first-order valence-corrected chi connectivity index (χ1v) is 18.7. The minimum Gasteiger partial charge on any atom is -0.309 e. The zero-order chi connectivity index (χ0) is 34.8. The van der Waals surface area contributed by atoms with Crippen molar-refractivity contribution in [3.8, 4) is 33.4 Å². The number of fused-ring (bicyclic) bond motifs is 1. The largest absolute Gasteiger partial charge is 0.309 e. The molecule has 0 N–H and O–H groups in total. The lowest BCUT2D eigenvalue weighted by molar-refractivity contribution is 0.445. The van der Waals surface area contributed by atoms with Gasteiger partial charge in [0.05, 0.1) is 11.4 Å². The van der Waals surface area contributed by atoms with Crippen molar-refractivity contribution in [3.63, 3.8) is 0 Å². The van der Waals surface area contributed by atoms with Gasteiger partial charge in [-0.2, -0.15) is 0 Å². The number of nitrogens with zero attached hydrogens (tertiary/aromatic N) is 1. The number of rotatable bonds is 7. The summed E-state index contributed by atoms with van der Waals surface area (Å²) in [7, 11) is 0. The molecule has 1 fully saturated rings. The van der Waals surface area contributed by atoms with Gasteiger partial charge in [-0.25, -0.2) is 0 Å². The second-order valence-corrected chi connectivity index (χ2v) is 15.2. The summed E-state index contributed by atoms with van der Waals surface area (Å²) in [5.74, 6) is 0.608. The van der Waals surface area contributed by atoms with E-state index in [-0.39, 0.29) is 5.41 Å². The minimum atomic E-state index is 0.0676. The van der Waals surface area contributed by atoms with Crippen molar-refractivity contribution in [2.24, 2.45) is 0 Å². The van der Waals surface area contributed by atoms with Crippen LogP contribution < -0.4 is 4.90 Å². The fourth-order valence-electron chi connectivity index (χ4n) is 8.15. The Bertz CT molecular complexity index is 2240. The van der Waals surface area contributed by atoms with Gasteiger partial charge < -0.3 is 4.90 Å². The van der Waals surface area contributed by atoms with Crippen LogP contribution in [0.2, 0.25) is 0 Å². The topological polar surface area (TPSA) is 3.24 Å². The van der Waals surface area contributed by atoms with Crippen LogP contribution in [0.15, 0.2) is 164 Å². The van der Waals surface area contributed by atoms with Crippen LogP contribution in [0.4, 0.5) is 17.1 Å². The summed E-state index contributed by atoms with van der Waals surface area (Å²) < 4.78 is 0. The van der Waals surface area contributed by atoms with Gasteiger partial charge in [0.25, 0.3) is 0 Å². The molecule has 0 radical (unpaired) electrons. The van der Waals surface area contributed by atoms with Crippen LogP contribution in [0, 0.1) is 0 Å². The maximum absolute atomic E-state index is 2.49. The Morgan fingerprint density at radius 3 is 1.69 bits per heavy atom. The van der Waals surface area contributed by atoms with Gasteiger partial charge >= 0.3 is 0 Å². The van der Waals surface area contributed by atoms with Crippen molar-refractivity contribution in [2.45, 2.75) is 64.2 Å². The average Bonchev–Trinajstić information content (AvgIpc) is 3.19. The highest BCUT2D eigenvalue weighted by molar-refractivity contribution is 6.04. The van der Waals surface area contributed by atoms with Crippen LogP contribution in [0.1, 0.15) is 69.9 Å². The Hall–Kier alpha value is -5.40. The predicted molar refractivity (Wildman–Crippen MR) is 219 cm³/mol. The number of hydrogen-bond donors (Lipinski definition) is 0. The van der Waals surface area contributed by atoms with Crippen molar-refractivity contribution in [3.05, 3.63) is 175 Å². The number of hydrogen-bond acceptors (Lipinski definition) is 1. The maximum Gasteiger partial charge on any atom is 0.0540 e. The van der Waals surface area contributed by atoms with Gasteiger partial charge in [0.2, 0.25) is 0 Å². The lowest BCUT2D eigenvalue weighted by Gasteiger charge is -2.31. The molecule has 1 aliphatic rings. The van der Waals surface area contributed by atoms with Crippen molar-refractivity contribution in [1.82, 2.24) is 0 Å². The van der Waals surface area contributed by atoms with Crippen molar-refractivity contribution >= 4 is 27.8 Å². The second-order valence-electron chi connectivity index (χ2n) is 15.2. The van der Waals surface area contributed by atoms with Crippen LogP contribution in [-0.4, -0.2) is 0 Å². The van der Waals surface area contributed by atoms with Crippen LogP contribution in [-0.2, 0) is 5.41 Å². The van der Waals surface area contributed by atoms with E-state index in [1.54, 1.807) is 0 Å². The third kappa shape index (κ3) is 6.62. The Balaban J connectivity index is 1.32. The van der Waals surface area contributed by atoms with Crippen molar-refractivity contribution in [2.75, 3.05) is 4.90 Å². The molecule has 7 aromatic rings. The fraction of sp³-hybridized carbons (Fsp3) is 0.200. The minimum absolute atomic E-state index is 0.0676. The molecule has 0 saturated heterocycles. The molecule has 1 saturated carbocycles. The zero-order valence-corrected chi connectivity index (χ0v) is 30.1. The summed E-state index contributed by atoms with van der Waals surface area (Å²) in [6, 6.07) is 60.7. The highest BCUT2D eigenvalue weighted by Gasteiger charge is 2.24. The molecule has 0 atom stereocenters. The molecule has 0 spiro atoms. The summed E-state index contributed by atoms with van der Waals surface area (Å²) in [5.41, 5.74) is 13.8. The average molecular weight is 662 g/mol. The van der Waals surface area contributed by atoms with Gasteiger partial charge in [-0.1, -0.05) is 180 Å². The van der Waals surface area contributed by atoms with Crippen LogP contribution >= 0.6 is 0 Å². The molecule has 252 valence electrons. The molecule has 1 aliphatic carbocycles. The summed E-state index contributed by atoms with van der Waals surface area (Å²) >= 11 is 0. The molecule has 51 heavy (non-hydrogen) atoms. The van der Waals surface area contributed by atoms with Crippen molar-refractivity contribution in [1.29, 1.82) is 0 Å². The highest BCUT2D eigenvalue weighted by Crippen LogP contribution is 2.47. The van der Waals surface area contributed by atoms with Crippen LogP contribution in [0.3, 0.4) is 0 Å². The first-order valence-electron chi connectivity index (χ1n) is 18.7. The van der Waals surface area contributed by atoms with E-state index in [0.717, 1.165) is 11.4 Å². The Morgan fingerprint density at radius 1 is 0.451 bits per heavy atom. The predicted octanol–water partition coefficient (Wildman–Crippen LogP) is 14.7. The standard InChI is InChI=1S/C50H47N/c1-50(2,3)41-32-34-42(35-33-41)51(47-26-12-10-22-43(47)39-30-28-37(29-31-39)36-16-6-4-7-17-36)48-27-13-11-23-45(48)46-25-15-21-40-20-14-24-44(49(40)46)38-18-8-5-9-19-38/h4,6-7,10-17,20-35,38H,5,8-9,18-19H2,1-3H3. The SMILES string of the molecule is CC(C)(C)c1ccc(N(c2ccccc2-c2ccc(-c3ccccc3)cc2)c2ccccc2-c2cccc3cccc(C4CCCCC4)c23)cc1. The smallest absolute Gasteiger partial charge is 0.0540 e. The van der Waals surface area contributed by atoms with E-state index >= 15 is 0 Å². The zero-order valence-electron chi connectivity index (χ0n) is 30.1. The molecule has 0 heterocycles. The van der Waals surface area contributed by atoms with Crippen LogP contribution in [0.5, 0.6) is 0 Å². The van der Waals surface area contributed by atoms with Crippen molar-refractivity contribution < 1.29 is 0 Å². The van der Waals surface area contributed by atoms with E-state index < -0.39 is 0 Å². The molecule has 0 aliphatic heterocycles. The molecule has 0 unspecified atom stereocenters. The van der Waals surface area contributed by atoms with E-state index in [1.165, 1.54) is 93.1 Å². The normalized spacial score (nSPS) is 13.7. The second kappa shape index (κ2) is 14.1. The number of para-hydroxylation sites is 2. The molecular weight excluding hydrogens is 615 g/mol. The van der Waals surface area contributed by atoms with E-state index in [9.17, 15) is 0 Å². The lowest BCUT2D eigenvalue weighted by Crippen LogP contribution is -2.14. The maximum atomic E-state index is 2.49. The van der Waals surface area contributed by atoms with E-state index in [0.29, 0.717) is 5.92 Å². The van der Waals surface area contributed by atoms with Gasteiger partial charge in [0, 0.05) is 16.8 Å². The van der Waals surface area contributed by atoms with Gasteiger partial charge in [0.1, 0.15) is 0 Å². The molecule has 8 rings (SSSR count). The first kappa shape index (κ1) is 32.8. The van der Waals surface area contributed by atoms with E-state index in [2.05, 4.69) is 189 Å². The van der Waals surface area contributed by atoms with Gasteiger partial charge in [-0.3, -0.25) is 0 Å². The molecule has 0 bridgehead atoms. The van der Waals surface area contributed by atoms with Crippen LogP contribution in [0.25, 0.3) is 44.2 Å². The summed E-state index contributed by atoms with van der Waals surface area (Å²) in [4.78, 5) is 2.49. The Morgan fingerprint density at radius 2 is 1.00 bits per heavy atom. The quantitative estimate of drug-likeness (QED) is 0.164. The third-order valence-corrected chi connectivity index (χ3v) is 10.9. The molecule has 1 heteroatoms. The molecule has 7 aromatic carbocycles. The summed E-state index contributed by atoms with van der Waals surface area (Å²) in [6.45, 7) is 6.86. The van der Waals surface area contributed by atoms with E-state index in [1.807, 2.05) is 0 Å². The van der Waals surface area contributed by atoms with E-state index in [4.69, 9.17) is 0 Å². The number of anilines is 3. The summed E-state index contributed by atoms with van der Waals surface area (Å²) in [6.07, 6.45) is 6.55. The first-order chi connectivity index (χ1) is 25.0. The monoisotopic (exact) mass is 661 g/mol. The highest BCUT2D eigenvalue weighted by atomic mass is 15.1. The molecule has 0 aromatic heterocycles. The lowest BCUT2D eigenvalue weighted by atomic mass is 9.80.